The van der Waals surface area contributed by atoms with Gasteiger partial charge in [-0.3, -0.25) is 0 Å². The largest absolute Gasteiger partial charge is 0.497 e. The average Bonchev–Trinajstić information content (AvgIpc) is 2.18. The monoisotopic (exact) mass is 217 g/mol. The lowest BCUT2D eigenvalue weighted by molar-refractivity contribution is 0.399. The first kappa shape index (κ1) is 13.1. The third-order valence-corrected chi connectivity index (χ3v) is 1.90. The van der Waals surface area contributed by atoms with E-state index < -0.39 is 0 Å². The topological polar surface area (TPSA) is 44.5 Å². The zero-order valence-electron chi connectivity index (χ0n) is 8.45. The summed E-state index contributed by atoms with van der Waals surface area (Å²) >= 11 is 0. The molecule has 0 aliphatic heterocycles. The van der Waals surface area contributed by atoms with Crippen LogP contribution in [0.3, 0.4) is 0 Å². The lowest BCUT2D eigenvalue weighted by atomic mass is 10.1. The Hall–Kier alpha value is -0.930. The highest BCUT2D eigenvalue weighted by Crippen LogP contribution is 2.23. The normalized spacial score (nSPS) is 9.07. The molecule has 0 radical (unpaired) electrons. The standard InChI is InChI=1S/C10H15NO2.ClH/c1-12-9-3-4-10(13-2)8(7-9)5-6-11;/h3-4,7H,5-6,11H2,1-2H3;1H. The molecule has 3 nitrogen and oxygen atoms in total. The van der Waals surface area contributed by atoms with Gasteiger partial charge in [0.25, 0.3) is 0 Å². The Morgan fingerprint density at radius 3 is 2.43 bits per heavy atom. The molecule has 0 bridgehead atoms. The van der Waals surface area contributed by atoms with Crippen molar-refractivity contribution < 1.29 is 9.47 Å². The summed E-state index contributed by atoms with van der Waals surface area (Å²) < 4.78 is 10.3. The van der Waals surface area contributed by atoms with E-state index in [2.05, 4.69) is 0 Å². The van der Waals surface area contributed by atoms with E-state index in [4.69, 9.17) is 15.2 Å². The van der Waals surface area contributed by atoms with Crippen LogP contribution in [0.25, 0.3) is 0 Å². The Bertz CT molecular complexity index is 279. The summed E-state index contributed by atoms with van der Waals surface area (Å²) in [6, 6.07) is 5.72. The molecule has 0 saturated carbocycles. The molecule has 80 valence electrons. The van der Waals surface area contributed by atoms with E-state index >= 15 is 0 Å². The Labute approximate surface area is 90.6 Å². The third kappa shape index (κ3) is 3.09. The van der Waals surface area contributed by atoms with Gasteiger partial charge in [0.05, 0.1) is 14.2 Å². The Balaban J connectivity index is 0.00000169. The second-order valence-electron chi connectivity index (χ2n) is 2.72. The number of rotatable bonds is 4. The van der Waals surface area contributed by atoms with E-state index in [0.717, 1.165) is 23.5 Å². The molecular formula is C10H16ClNO2. The second kappa shape index (κ2) is 6.51. The quantitative estimate of drug-likeness (QED) is 0.834. The number of nitrogens with two attached hydrogens (primary N) is 1. The highest BCUT2D eigenvalue weighted by atomic mass is 35.5. The van der Waals surface area contributed by atoms with Crippen LogP contribution in [-0.2, 0) is 6.42 Å². The minimum atomic E-state index is 0. The summed E-state index contributed by atoms with van der Waals surface area (Å²) in [7, 11) is 3.30. The smallest absolute Gasteiger partial charge is 0.122 e. The van der Waals surface area contributed by atoms with Crippen molar-refractivity contribution in [2.24, 2.45) is 5.73 Å². The second-order valence-corrected chi connectivity index (χ2v) is 2.72. The molecule has 0 heterocycles. The van der Waals surface area contributed by atoms with Gasteiger partial charge >= 0.3 is 0 Å². The van der Waals surface area contributed by atoms with Crippen molar-refractivity contribution in [3.05, 3.63) is 23.8 Å². The zero-order valence-corrected chi connectivity index (χ0v) is 9.26. The van der Waals surface area contributed by atoms with Gasteiger partial charge in [-0.15, -0.1) is 12.4 Å². The lowest BCUT2D eigenvalue weighted by Gasteiger charge is -2.08. The SMILES string of the molecule is COc1ccc(OC)c(CCN)c1.Cl. The highest BCUT2D eigenvalue weighted by molar-refractivity contribution is 5.85. The van der Waals surface area contributed by atoms with Crippen LogP contribution in [0.15, 0.2) is 18.2 Å². The summed E-state index contributed by atoms with van der Waals surface area (Å²) in [5, 5.41) is 0. The van der Waals surface area contributed by atoms with E-state index in [1.54, 1.807) is 14.2 Å². The van der Waals surface area contributed by atoms with Crippen molar-refractivity contribution >= 4 is 12.4 Å². The molecule has 0 unspecified atom stereocenters. The molecule has 0 amide bonds. The van der Waals surface area contributed by atoms with Crippen LogP contribution in [0.2, 0.25) is 0 Å². The van der Waals surface area contributed by atoms with Crippen LogP contribution in [0.1, 0.15) is 5.56 Å². The van der Waals surface area contributed by atoms with Crippen LogP contribution < -0.4 is 15.2 Å². The van der Waals surface area contributed by atoms with Crippen molar-refractivity contribution in [3.8, 4) is 11.5 Å². The summed E-state index contributed by atoms with van der Waals surface area (Å²) in [5.41, 5.74) is 6.57. The molecule has 1 rings (SSSR count). The Kier molecular flexibility index (Phi) is 6.08. The first-order valence-corrected chi connectivity index (χ1v) is 4.22. The number of hydrogen-bond acceptors (Lipinski definition) is 3. The van der Waals surface area contributed by atoms with Gasteiger partial charge in [0.15, 0.2) is 0 Å². The first-order valence-electron chi connectivity index (χ1n) is 4.22. The maximum Gasteiger partial charge on any atom is 0.122 e. The highest BCUT2D eigenvalue weighted by Gasteiger charge is 2.03. The predicted octanol–water partition coefficient (Wildman–Crippen LogP) is 1.63. The number of benzene rings is 1. The van der Waals surface area contributed by atoms with Gasteiger partial charge in [0, 0.05) is 0 Å². The summed E-state index contributed by atoms with van der Waals surface area (Å²) in [5.74, 6) is 1.70. The van der Waals surface area contributed by atoms with E-state index in [1.165, 1.54) is 0 Å². The Morgan fingerprint density at radius 2 is 1.93 bits per heavy atom. The van der Waals surface area contributed by atoms with Crippen LogP contribution >= 0.6 is 12.4 Å². The molecule has 1 aromatic rings. The molecule has 1 aromatic carbocycles. The van der Waals surface area contributed by atoms with Crippen molar-refractivity contribution in [2.75, 3.05) is 20.8 Å². The third-order valence-electron chi connectivity index (χ3n) is 1.90. The Morgan fingerprint density at radius 1 is 1.21 bits per heavy atom. The fourth-order valence-electron chi connectivity index (χ4n) is 1.23. The lowest BCUT2D eigenvalue weighted by Crippen LogP contribution is -2.04. The van der Waals surface area contributed by atoms with Crippen LogP contribution in [0.5, 0.6) is 11.5 Å². The van der Waals surface area contributed by atoms with E-state index in [1.807, 2.05) is 18.2 Å². The fourth-order valence-corrected chi connectivity index (χ4v) is 1.23. The first-order chi connectivity index (χ1) is 6.31. The molecule has 0 spiro atoms. The van der Waals surface area contributed by atoms with Gasteiger partial charge in [-0.2, -0.15) is 0 Å². The molecule has 14 heavy (non-hydrogen) atoms. The van der Waals surface area contributed by atoms with Crippen molar-refractivity contribution in [1.29, 1.82) is 0 Å². The fraction of sp³-hybridized carbons (Fsp3) is 0.400. The molecule has 4 heteroatoms. The van der Waals surface area contributed by atoms with Crippen molar-refractivity contribution in [1.82, 2.24) is 0 Å². The predicted molar refractivity (Wildman–Crippen MR) is 59.6 cm³/mol. The molecule has 2 N–H and O–H groups in total. The molecule has 0 aliphatic carbocycles. The van der Waals surface area contributed by atoms with Crippen LogP contribution in [0.4, 0.5) is 0 Å². The molecule has 0 aromatic heterocycles. The van der Waals surface area contributed by atoms with Crippen molar-refractivity contribution in [3.63, 3.8) is 0 Å². The maximum absolute atomic E-state index is 5.48. The number of hydrogen-bond donors (Lipinski definition) is 1. The molecule has 0 aliphatic rings. The summed E-state index contributed by atoms with van der Waals surface area (Å²) in [6.07, 6.45) is 0.806. The van der Waals surface area contributed by atoms with Gasteiger partial charge in [-0.05, 0) is 36.7 Å². The minimum Gasteiger partial charge on any atom is -0.497 e. The molecule has 0 fully saturated rings. The van der Waals surface area contributed by atoms with Gasteiger partial charge in [0.2, 0.25) is 0 Å². The summed E-state index contributed by atoms with van der Waals surface area (Å²) in [6.45, 7) is 0.615. The van der Waals surface area contributed by atoms with Crippen LogP contribution in [0, 0.1) is 0 Å². The number of ether oxygens (including phenoxy) is 2. The zero-order chi connectivity index (χ0) is 9.68. The van der Waals surface area contributed by atoms with Gasteiger partial charge in [-0.25, -0.2) is 0 Å². The minimum absolute atomic E-state index is 0. The molecule has 0 atom stereocenters. The number of methoxy groups -OCH3 is 2. The number of halogens is 1. The van der Waals surface area contributed by atoms with Gasteiger partial charge in [-0.1, -0.05) is 0 Å². The maximum atomic E-state index is 5.48. The van der Waals surface area contributed by atoms with E-state index in [-0.39, 0.29) is 12.4 Å². The van der Waals surface area contributed by atoms with E-state index in [9.17, 15) is 0 Å². The van der Waals surface area contributed by atoms with E-state index in [0.29, 0.717) is 6.54 Å². The van der Waals surface area contributed by atoms with Gasteiger partial charge in [0.1, 0.15) is 11.5 Å². The summed E-state index contributed by atoms with van der Waals surface area (Å²) in [4.78, 5) is 0. The average molecular weight is 218 g/mol. The van der Waals surface area contributed by atoms with Crippen molar-refractivity contribution in [2.45, 2.75) is 6.42 Å². The van der Waals surface area contributed by atoms with Crippen LogP contribution in [-0.4, -0.2) is 20.8 Å². The molecule has 0 saturated heterocycles. The molecular weight excluding hydrogens is 202 g/mol. The van der Waals surface area contributed by atoms with Gasteiger partial charge < -0.3 is 15.2 Å².